The molecule has 254 valence electrons. The van der Waals surface area contributed by atoms with Gasteiger partial charge in [0.05, 0.1) is 20.3 Å². The van der Waals surface area contributed by atoms with E-state index in [2.05, 4.69) is 142 Å². The number of hydrogen-bond donors (Lipinski definition) is 0. The quantitative estimate of drug-likeness (QED) is 0.192. The lowest BCUT2D eigenvalue weighted by Gasteiger charge is -2.52. The van der Waals surface area contributed by atoms with E-state index in [9.17, 15) is 0 Å². The Kier molecular flexibility index (Phi) is 7.06. The fraction of sp³-hybridized carbons (Fsp3) is 0.348. The van der Waals surface area contributed by atoms with Crippen LogP contribution in [-0.4, -0.2) is 33.4 Å². The average molecular weight is 662 g/mol. The number of ether oxygens (including phenoxy) is 3. The maximum atomic E-state index is 7.68. The van der Waals surface area contributed by atoms with E-state index in [0.717, 1.165) is 67.2 Å². The van der Waals surface area contributed by atoms with E-state index in [1.54, 1.807) is 7.11 Å². The van der Waals surface area contributed by atoms with Crippen molar-refractivity contribution in [3.05, 3.63) is 131 Å². The molecule has 50 heavy (non-hydrogen) atoms. The summed E-state index contributed by atoms with van der Waals surface area (Å²) in [5.74, 6) is 1.77. The van der Waals surface area contributed by atoms with Crippen LogP contribution in [0.4, 0.5) is 5.69 Å². The molecule has 2 fully saturated rings. The molecule has 9 rings (SSSR count). The molecule has 1 saturated heterocycles. The first-order valence-corrected chi connectivity index (χ1v) is 18.3. The fourth-order valence-electron chi connectivity index (χ4n) is 10.7. The van der Waals surface area contributed by atoms with Crippen molar-refractivity contribution >= 4 is 22.5 Å². The average Bonchev–Trinajstić information content (AvgIpc) is 3.39. The monoisotopic (exact) mass is 661 g/mol. The molecule has 0 unspecified atom stereocenters. The van der Waals surface area contributed by atoms with Crippen molar-refractivity contribution in [2.24, 2.45) is 10.8 Å². The Balaban J connectivity index is 1.31. The number of rotatable bonds is 4. The molecular formula is C46H47NO3. The van der Waals surface area contributed by atoms with Crippen molar-refractivity contribution in [3.8, 4) is 22.6 Å². The smallest absolute Gasteiger partial charge is 0.178 e. The largest absolute Gasteiger partial charge is 0.497 e. The van der Waals surface area contributed by atoms with Crippen molar-refractivity contribution in [2.45, 2.75) is 58.0 Å². The minimum absolute atomic E-state index is 0.129. The molecule has 0 N–H and O–H groups in total. The second-order valence-corrected chi connectivity index (χ2v) is 16.6. The van der Waals surface area contributed by atoms with E-state index in [4.69, 9.17) is 14.2 Å². The van der Waals surface area contributed by atoms with Gasteiger partial charge >= 0.3 is 0 Å². The van der Waals surface area contributed by atoms with Gasteiger partial charge in [0.15, 0.2) is 5.60 Å². The molecule has 2 heterocycles. The van der Waals surface area contributed by atoms with Crippen LogP contribution in [0.2, 0.25) is 0 Å². The first-order chi connectivity index (χ1) is 24.1. The molecule has 1 saturated carbocycles. The molecule has 4 nitrogen and oxygen atoms in total. The minimum Gasteiger partial charge on any atom is -0.497 e. The van der Waals surface area contributed by atoms with Crippen LogP contribution in [0.1, 0.15) is 74.8 Å². The Morgan fingerprint density at radius 1 is 0.700 bits per heavy atom. The molecule has 0 aromatic heterocycles. The van der Waals surface area contributed by atoms with Gasteiger partial charge in [-0.15, -0.1) is 0 Å². The summed E-state index contributed by atoms with van der Waals surface area (Å²) in [6, 6.07) is 35.5. The summed E-state index contributed by atoms with van der Waals surface area (Å²) < 4.78 is 19.2. The van der Waals surface area contributed by atoms with Crippen LogP contribution in [0.25, 0.3) is 28.0 Å². The third kappa shape index (κ3) is 4.75. The van der Waals surface area contributed by atoms with Crippen molar-refractivity contribution < 1.29 is 14.2 Å². The molecule has 0 amide bonds. The van der Waals surface area contributed by atoms with Crippen LogP contribution >= 0.6 is 0 Å². The number of anilines is 1. The van der Waals surface area contributed by atoms with Gasteiger partial charge in [0.2, 0.25) is 0 Å². The Bertz CT molecular complexity index is 2120. The fourth-order valence-corrected chi connectivity index (χ4v) is 10.7. The first kappa shape index (κ1) is 31.4. The summed E-state index contributed by atoms with van der Waals surface area (Å²) in [5, 5.41) is 2.32. The van der Waals surface area contributed by atoms with Crippen molar-refractivity contribution in [1.29, 1.82) is 0 Å². The van der Waals surface area contributed by atoms with Gasteiger partial charge in [0.1, 0.15) is 11.5 Å². The van der Waals surface area contributed by atoms with Gasteiger partial charge in [-0.25, -0.2) is 0 Å². The first-order valence-electron chi connectivity index (χ1n) is 18.3. The highest BCUT2D eigenvalue weighted by atomic mass is 16.5. The number of nitrogens with zero attached hydrogens (tertiary/aromatic N) is 1. The number of morpholine rings is 1. The lowest BCUT2D eigenvalue weighted by Crippen LogP contribution is -2.44. The van der Waals surface area contributed by atoms with Crippen LogP contribution in [0, 0.1) is 10.8 Å². The Labute approximate surface area is 296 Å². The van der Waals surface area contributed by atoms with Crippen LogP contribution in [0.5, 0.6) is 11.5 Å². The summed E-state index contributed by atoms with van der Waals surface area (Å²) in [6.45, 7) is 13.2. The molecule has 1 atom stereocenters. The summed E-state index contributed by atoms with van der Waals surface area (Å²) >= 11 is 0. The van der Waals surface area contributed by atoms with Crippen LogP contribution in [-0.2, 0) is 15.8 Å². The Morgan fingerprint density at radius 2 is 1.38 bits per heavy atom. The van der Waals surface area contributed by atoms with Crippen LogP contribution < -0.4 is 14.4 Å². The SMILES string of the molecule is COc1ccc2c3c(c4c(c2c1)O[C@](c1ccccc1)(c1ccc(N2CCOCC2)cc1)C=C4)C1(CC(C)(C)CC(C)(C)C1)c1ccccc1-3. The highest BCUT2D eigenvalue weighted by Gasteiger charge is 2.55. The molecular weight excluding hydrogens is 615 g/mol. The molecule has 0 bridgehead atoms. The molecule has 2 aliphatic carbocycles. The van der Waals surface area contributed by atoms with E-state index in [0.29, 0.717) is 0 Å². The maximum Gasteiger partial charge on any atom is 0.178 e. The number of benzene rings is 5. The van der Waals surface area contributed by atoms with E-state index < -0.39 is 5.60 Å². The topological polar surface area (TPSA) is 30.9 Å². The summed E-state index contributed by atoms with van der Waals surface area (Å²) in [5.41, 5.74) is 9.68. The van der Waals surface area contributed by atoms with Gasteiger partial charge in [-0.2, -0.15) is 0 Å². The second-order valence-electron chi connectivity index (χ2n) is 16.6. The minimum atomic E-state index is -0.814. The van der Waals surface area contributed by atoms with Gasteiger partial charge < -0.3 is 19.1 Å². The highest BCUT2D eigenvalue weighted by Crippen LogP contribution is 2.67. The second kappa shape index (κ2) is 11.2. The highest BCUT2D eigenvalue weighted by molar-refractivity contribution is 6.09. The molecule has 5 aromatic rings. The lowest BCUT2D eigenvalue weighted by atomic mass is 9.52. The van der Waals surface area contributed by atoms with Crippen molar-refractivity contribution in [2.75, 3.05) is 38.3 Å². The van der Waals surface area contributed by atoms with Gasteiger partial charge in [0.25, 0.3) is 0 Å². The van der Waals surface area contributed by atoms with Gasteiger partial charge in [-0.1, -0.05) is 101 Å². The van der Waals surface area contributed by atoms with Crippen LogP contribution in [0.3, 0.4) is 0 Å². The maximum absolute atomic E-state index is 7.68. The predicted octanol–water partition coefficient (Wildman–Crippen LogP) is 10.5. The zero-order valence-corrected chi connectivity index (χ0v) is 30.0. The molecule has 0 radical (unpaired) electrons. The predicted molar refractivity (Wildman–Crippen MR) is 204 cm³/mol. The Hall–Kier alpha value is -4.54. The van der Waals surface area contributed by atoms with Gasteiger partial charge in [-0.3, -0.25) is 0 Å². The van der Waals surface area contributed by atoms with Crippen molar-refractivity contribution in [1.82, 2.24) is 0 Å². The van der Waals surface area contributed by atoms with Crippen LogP contribution in [0.15, 0.2) is 103 Å². The molecule has 4 aliphatic rings. The van der Waals surface area contributed by atoms with Crippen molar-refractivity contribution in [3.63, 3.8) is 0 Å². The third-order valence-corrected chi connectivity index (χ3v) is 11.8. The van der Waals surface area contributed by atoms with E-state index >= 15 is 0 Å². The zero-order valence-electron chi connectivity index (χ0n) is 30.0. The molecule has 2 aliphatic heterocycles. The van der Waals surface area contributed by atoms with E-state index in [1.165, 1.54) is 45.3 Å². The normalized spacial score (nSPS) is 22.5. The number of methoxy groups -OCH3 is 1. The van der Waals surface area contributed by atoms with E-state index in [-0.39, 0.29) is 16.2 Å². The number of fused-ring (bicyclic) bond motifs is 10. The number of hydrogen-bond acceptors (Lipinski definition) is 4. The van der Waals surface area contributed by atoms with Gasteiger partial charge in [-0.05, 0) is 94.1 Å². The zero-order chi connectivity index (χ0) is 34.3. The standard InChI is InChI=1S/C46H47NO3/c1-43(2)28-44(3,4)30-45(29-43)39-14-10-9-13-36(39)40-35-20-19-34(48-5)27-38(35)42-37(41(40)45)21-22-46(50-42,31-11-7-6-8-12-31)32-15-17-33(18-16-32)47-23-25-49-26-24-47/h6-22,27H,23-26,28-30H2,1-5H3/t46-/m1/s1. The van der Waals surface area contributed by atoms with E-state index in [1.807, 2.05) is 0 Å². The lowest BCUT2D eigenvalue weighted by molar-refractivity contribution is 0.0642. The molecule has 1 spiro atoms. The summed E-state index contributed by atoms with van der Waals surface area (Å²) in [7, 11) is 1.75. The summed E-state index contributed by atoms with van der Waals surface area (Å²) in [4.78, 5) is 2.41. The van der Waals surface area contributed by atoms with Gasteiger partial charge in [0, 0.05) is 46.3 Å². The molecule has 4 heteroatoms. The third-order valence-electron chi connectivity index (χ3n) is 11.8. The molecule has 5 aromatic carbocycles. The summed E-state index contributed by atoms with van der Waals surface area (Å²) in [6.07, 6.45) is 8.14. The Morgan fingerprint density at radius 3 is 2.10 bits per heavy atom.